The summed E-state index contributed by atoms with van der Waals surface area (Å²) in [7, 11) is 1.78. The van der Waals surface area contributed by atoms with E-state index >= 15 is 0 Å². The van der Waals surface area contributed by atoms with Crippen LogP contribution in [0.15, 0.2) is 41.4 Å². The molecule has 0 unspecified atom stereocenters. The average molecular weight is 385 g/mol. The number of benzene rings is 1. The fraction of sp³-hybridized carbons (Fsp3) is 0.429. The maximum Gasteiger partial charge on any atom is 0.226 e. The zero-order valence-corrected chi connectivity index (χ0v) is 16.9. The minimum atomic E-state index is 0.233. The molecule has 0 saturated carbocycles. The molecule has 2 aromatic rings. The number of rotatable bonds is 6. The molecule has 6 heteroatoms. The van der Waals surface area contributed by atoms with Gasteiger partial charge in [0.25, 0.3) is 0 Å². The van der Waals surface area contributed by atoms with Crippen molar-refractivity contribution in [3.63, 3.8) is 0 Å². The molecule has 1 saturated heterocycles. The highest BCUT2D eigenvalue weighted by molar-refractivity contribution is 7.11. The predicted octanol–water partition coefficient (Wildman–Crippen LogP) is 3.69. The molecule has 1 amide bonds. The molecule has 1 aliphatic heterocycles. The van der Waals surface area contributed by atoms with Gasteiger partial charge in [0, 0.05) is 42.0 Å². The van der Waals surface area contributed by atoms with Gasteiger partial charge >= 0.3 is 0 Å². The number of aryl methyl sites for hydroxylation is 1. The normalized spacial score (nSPS) is 15.1. The van der Waals surface area contributed by atoms with E-state index < -0.39 is 0 Å². The quantitative estimate of drug-likeness (QED) is 0.590. The zero-order chi connectivity index (χ0) is 19.1. The molecule has 1 aliphatic rings. The largest absolute Gasteiger partial charge is 0.352 e. The van der Waals surface area contributed by atoms with Gasteiger partial charge in [-0.15, -0.1) is 11.3 Å². The van der Waals surface area contributed by atoms with Gasteiger partial charge in [0.15, 0.2) is 5.96 Å². The molecular formula is C21H28N4OS. The van der Waals surface area contributed by atoms with E-state index in [0.717, 1.165) is 49.6 Å². The van der Waals surface area contributed by atoms with Crippen LogP contribution in [0.1, 0.15) is 41.5 Å². The van der Waals surface area contributed by atoms with Crippen molar-refractivity contribution >= 4 is 28.9 Å². The number of hydrogen-bond acceptors (Lipinski definition) is 3. The van der Waals surface area contributed by atoms with Crippen molar-refractivity contribution in [1.29, 1.82) is 0 Å². The first kappa shape index (κ1) is 19.4. The highest BCUT2D eigenvalue weighted by Gasteiger charge is 2.19. The lowest BCUT2D eigenvalue weighted by Crippen LogP contribution is -2.36. The molecular weight excluding hydrogens is 356 g/mol. The third-order valence-corrected chi connectivity index (χ3v) is 5.98. The second-order valence-corrected chi connectivity index (χ2v) is 7.92. The Balaban J connectivity index is 1.49. The SMILES string of the molecule is CCc1ccc(CNC(=NC)NCc2ccc(N3CCCCC3=O)cc2)s1. The van der Waals surface area contributed by atoms with Crippen LogP contribution >= 0.6 is 11.3 Å². The van der Waals surface area contributed by atoms with Crippen LogP contribution in [-0.4, -0.2) is 25.5 Å². The van der Waals surface area contributed by atoms with Crippen LogP contribution < -0.4 is 15.5 Å². The first-order valence-corrected chi connectivity index (χ1v) is 10.4. The standard InChI is InChI=1S/C21H28N4OS/c1-3-18-11-12-19(27-18)15-24-21(22-2)23-14-16-7-9-17(10-8-16)25-13-5-4-6-20(25)26/h7-12H,3-6,13-15H2,1-2H3,(H2,22,23,24). The van der Waals surface area contributed by atoms with Crippen molar-refractivity contribution in [1.82, 2.24) is 10.6 Å². The van der Waals surface area contributed by atoms with Crippen molar-refractivity contribution in [2.24, 2.45) is 4.99 Å². The number of amides is 1. The fourth-order valence-corrected chi connectivity index (χ4v) is 4.05. The Kier molecular flexibility index (Phi) is 6.87. The summed E-state index contributed by atoms with van der Waals surface area (Å²) in [6, 6.07) is 12.6. The molecule has 2 N–H and O–H groups in total. The van der Waals surface area contributed by atoms with Crippen molar-refractivity contribution in [3.8, 4) is 0 Å². The number of anilines is 1. The third kappa shape index (κ3) is 5.32. The summed E-state index contributed by atoms with van der Waals surface area (Å²) in [5, 5.41) is 6.71. The molecule has 0 spiro atoms. The Bertz CT molecular complexity index is 782. The number of carbonyl (C=O) groups excluding carboxylic acids is 1. The Morgan fingerprint density at radius 3 is 2.48 bits per heavy atom. The topological polar surface area (TPSA) is 56.7 Å². The summed E-state index contributed by atoms with van der Waals surface area (Å²) in [6.45, 7) is 4.48. The van der Waals surface area contributed by atoms with Crippen molar-refractivity contribution in [3.05, 3.63) is 51.7 Å². The average Bonchev–Trinajstić information content (AvgIpc) is 3.17. The van der Waals surface area contributed by atoms with Crippen molar-refractivity contribution < 1.29 is 4.79 Å². The summed E-state index contributed by atoms with van der Waals surface area (Å²) < 4.78 is 0. The molecule has 1 aromatic heterocycles. The number of nitrogens with zero attached hydrogens (tertiary/aromatic N) is 2. The van der Waals surface area contributed by atoms with Crippen LogP contribution in [0.4, 0.5) is 5.69 Å². The van der Waals surface area contributed by atoms with Gasteiger partial charge in [0.05, 0.1) is 6.54 Å². The minimum Gasteiger partial charge on any atom is -0.352 e. The molecule has 0 bridgehead atoms. The van der Waals surface area contributed by atoms with E-state index in [9.17, 15) is 4.79 Å². The van der Waals surface area contributed by atoms with Crippen LogP contribution in [-0.2, 0) is 24.3 Å². The summed E-state index contributed by atoms with van der Waals surface area (Å²) in [5.41, 5.74) is 2.16. The van der Waals surface area contributed by atoms with Crippen LogP contribution in [0.2, 0.25) is 0 Å². The van der Waals surface area contributed by atoms with Crippen LogP contribution in [0, 0.1) is 0 Å². The maximum absolute atomic E-state index is 12.0. The lowest BCUT2D eigenvalue weighted by atomic mass is 10.1. The van der Waals surface area contributed by atoms with Gasteiger partial charge in [-0.2, -0.15) is 0 Å². The van der Waals surface area contributed by atoms with E-state index in [1.165, 1.54) is 9.75 Å². The van der Waals surface area contributed by atoms with Gasteiger partial charge in [-0.25, -0.2) is 0 Å². The van der Waals surface area contributed by atoms with E-state index in [-0.39, 0.29) is 5.91 Å². The second kappa shape index (κ2) is 9.55. The third-order valence-electron chi connectivity index (χ3n) is 4.75. The number of aliphatic imine (C=N–C) groups is 1. The van der Waals surface area contributed by atoms with Crippen molar-refractivity contribution in [2.75, 3.05) is 18.5 Å². The Morgan fingerprint density at radius 2 is 1.81 bits per heavy atom. The molecule has 0 aliphatic carbocycles. The van der Waals surface area contributed by atoms with Gasteiger partial charge in [0.1, 0.15) is 0 Å². The highest BCUT2D eigenvalue weighted by atomic mass is 32.1. The fourth-order valence-electron chi connectivity index (χ4n) is 3.16. The number of carbonyl (C=O) groups is 1. The van der Waals surface area contributed by atoms with E-state index in [0.29, 0.717) is 13.0 Å². The zero-order valence-electron chi connectivity index (χ0n) is 16.1. The van der Waals surface area contributed by atoms with Crippen molar-refractivity contribution in [2.45, 2.75) is 45.7 Å². The number of thiophene rings is 1. The molecule has 1 fully saturated rings. The number of nitrogens with one attached hydrogen (secondary N) is 2. The predicted molar refractivity (Wildman–Crippen MR) is 113 cm³/mol. The Morgan fingerprint density at radius 1 is 1.07 bits per heavy atom. The Labute approximate surface area is 165 Å². The van der Waals surface area contributed by atoms with Gasteiger partial charge in [-0.05, 0) is 49.1 Å². The lowest BCUT2D eigenvalue weighted by Gasteiger charge is -2.26. The molecule has 1 aromatic carbocycles. The van der Waals surface area contributed by atoms with Crippen LogP contribution in [0.3, 0.4) is 0 Å². The van der Waals surface area contributed by atoms with Crippen LogP contribution in [0.5, 0.6) is 0 Å². The monoisotopic (exact) mass is 384 g/mol. The molecule has 0 atom stereocenters. The summed E-state index contributed by atoms with van der Waals surface area (Å²) in [4.78, 5) is 20.9. The van der Waals surface area contributed by atoms with E-state index in [4.69, 9.17) is 0 Å². The van der Waals surface area contributed by atoms with Gasteiger partial charge in [-0.3, -0.25) is 9.79 Å². The van der Waals surface area contributed by atoms with Gasteiger partial charge < -0.3 is 15.5 Å². The minimum absolute atomic E-state index is 0.233. The van der Waals surface area contributed by atoms with E-state index in [1.807, 2.05) is 28.4 Å². The molecule has 2 heterocycles. The number of hydrogen-bond donors (Lipinski definition) is 2. The summed E-state index contributed by atoms with van der Waals surface area (Å²) in [6.07, 6.45) is 3.83. The van der Waals surface area contributed by atoms with Gasteiger partial charge in [-0.1, -0.05) is 19.1 Å². The summed E-state index contributed by atoms with van der Waals surface area (Å²) >= 11 is 1.84. The maximum atomic E-state index is 12.0. The summed E-state index contributed by atoms with van der Waals surface area (Å²) in [5.74, 6) is 1.02. The smallest absolute Gasteiger partial charge is 0.226 e. The lowest BCUT2D eigenvalue weighted by molar-refractivity contribution is -0.119. The second-order valence-electron chi connectivity index (χ2n) is 6.67. The van der Waals surface area contributed by atoms with E-state index in [2.05, 4.69) is 46.8 Å². The molecule has 0 radical (unpaired) electrons. The molecule has 27 heavy (non-hydrogen) atoms. The highest BCUT2D eigenvalue weighted by Crippen LogP contribution is 2.21. The number of piperidine rings is 1. The van der Waals surface area contributed by atoms with Crippen LogP contribution in [0.25, 0.3) is 0 Å². The molecule has 3 rings (SSSR count). The number of guanidine groups is 1. The first-order chi connectivity index (χ1) is 13.2. The van der Waals surface area contributed by atoms with Gasteiger partial charge in [0.2, 0.25) is 5.91 Å². The first-order valence-electron chi connectivity index (χ1n) is 9.61. The Hall–Kier alpha value is -2.34. The molecule has 5 nitrogen and oxygen atoms in total. The molecule has 144 valence electrons. The van der Waals surface area contributed by atoms with E-state index in [1.54, 1.807) is 7.05 Å².